The van der Waals surface area contributed by atoms with Crippen molar-refractivity contribution in [3.05, 3.63) is 21.7 Å². The van der Waals surface area contributed by atoms with E-state index in [0.29, 0.717) is 17.8 Å². The van der Waals surface area contributed by atoms with E-state index in [4.69, 9.17) is 11.6 Å². The van der Waals surface area contributed by atoms with Crippen molar-refractivity contribution in [3.8, 4) is 0 Å². The van der Waals surface area contributed by atoms with E-state index in [0.717, 1.165) is 19.6 Å². The summed E-state index contributed by atoms with van der Waals surface area (Å²) in [6.07, 6.45) is 3.89. The minimum Gasteiger partial charge on any atom is -0.353 e. The molecular weight excluding hydrogens is 240 g/mol. The Balaban J connectivity index is 1.86. The van der Waals surface area contributed by atoms with Gasteiger partial charge in [-0.05, 0) is 25.3 Å². The Labute approximate surface area is 104 Å². The molecule has 0 aliphatic carbocycles. The zero-order valence-corrected chi connectivity index (χ0v) is 10.2. The number of anilines is 1. The highest BCUT2D eigenvalue weighted by atomic mass is 35.5. The molecule has 0 spiro atoms. The maximum atomic E-state index is 11.4. The average Bonchev–Trinajstić information content (AvgIpc) is 2.76. The third kappa shape index (κ3) is 1.93. The largest absolute Gasteiger partial charge is 0.353 e. The number of H-pyrrole nitrogens is 1. The summed E-state index contributed by atoms with van der Waals surface area (Å²) in [4.78, 5) is 20.2. The minimum atomic E-state index is -0.264. The standard InChI is InChI=1S/C11H15ClN4O/c12-9-10(14-6-15-11(9)17)16-4-7-2-1-3-13-8(7)5-16/h6-8,13H,1-5H2,(H,14,15,17). The van der Waals surface area contributed by atoms with Crippen LogP contribution in [0.5, 0.6) is 0 Å². The molecular formula is C11H15ClN4O. The molecule has 2 unspecified atom stereocenters. The number of aromatic amines is 1. The number of fused-ring (bicyclic) bond motifs is 1. The van der Waals surface area contributed by atoms with E-state index in [1.807, 2.05) is 0 Å². The molecule has 0 saturated carbocycles. The van der Waals surface area contributed by atoms with Crippen molar-refractivity contribution in [2.24, 2.45) is 5.92 Å². The van der Waals surface area contributed by atoms with Crippen LogP contribution in [0.3, 0.4) is 0 Å². The molecule has 2 atom stereocenters. The lowest BCUT2D eigenvalue weighted by molar-refractivity contribution is 0.340. The summed E-state index contributed by atoms with van der Waals surface area (Å²) in [5, 5.41) is 3.72. The fourth-order valence-electron chi connectivity index (χ4n) is 2.81. The van der Waals surface area contributed by atoms with E-state index in [1.54, 1.807) is 0 Å². The highest BCUT2D eigenvalue weighted by Gasteiger charge is 2.35. The third-order valence-electron chi connectivity index (χ3n) is 3.68. The molecule has 2 aliphatic rings. The highest BCUT2D eigenvalue weighted by molar-refractivity contribution is 6.32. The first-order valence-corrected chi connectivity index (χ1v) is 6.35. The SMILES string of the molecule is O=c1[nH]cnc(N2CC3CCCNC3C2)c1Cl. The van der Waals surface area contributed by atoms with Gasteiger partial charge in [0.1, 0.15) is 5.02 Å². The van der Waals surface area contributed by atoms with Crippen molar-refractivity contribution in [1.29, 1.82) is 0 Å². The van der Waals surface area contributed by atoms with Gasteiger partial charge in [-0.2, -0.15) is 0 Å². The fourth-order valence-corrected chi connectivity index (χ4v) is 3.04. The van der Waals surface area contributed by atoms with Crippen LogP contribution in [0.1, 0.15) is 12.8 Å². The monoisotopic (exact) mass is 254 g/mol. The van der Waals surface area contributed by atoms with Crippen molar-refractivity contribution < 1.29 is 0 Å². The first kappa shape index (κ1) is 11.0. The smallest absolute Gasteiger partial charge is 0.271 e. The molecule has 92 valence electrons. The zero-order chi connectivity index (χ0) is 11.8. The summed E-state index contributed by atoms with van der Waals surface area (Å²) >= 11 is 6.00. The average molecular weight is 255 g/mol. The number of nitrogens with one attached hydrogen (secondary N) is 2. The quantitative estimate of drug-likeness (QED) is 0.771. The normalized spacial score (nSPS) is 28.2. The Morgan fingerprint density at radius 1 is 1.47 bits per heavy atom. The Bertz CT molecular complexity index is 461. The van der Waals surface area contributed by atoms with Crippen molar-refractivity contribution in [2.45, 2.75) is 18.9 Å². The number of hydrogen-bond donors (Lipinski definition) is 2. The molecule has 3 rings (SSSR count). The molecule has 3 heterocycles. The number of aromatic nitrogens is 2. The summed E-state index contributed by atoms with van der Waals surface area (Å²) < 4.78 is 0. The minimum absolute atomic E-state index is 0.200. The summed E-state index contributed by atoms with van der Waals surface area (Å²) in [6.45, 7) is 2.92. The molecule has 1 aromatic heterocycles. The van der Waals surface area contributed by atoms with Gasteiger partial charge in [0, 0.05) is 19.1 Å². The van der Waals surface area contributed by atoms with Gasteiger partial charge in [0.2, 0.25) is 0 Å². The molecule has 1 aromatic rings. The Hall–Kier alpha value is -1.07. The molecule has 2 saturated heterocycles. The molecule has 0 amide bonds. The van der Waals surface area contributed by atoms with Crippen LogP contribution >= 0.6 is 11.6 Å². The van der Waals surface area contributed by atoms with Crippen LogP contribution in [0.4, 0.5) is 5.82 Å². The summed E-state index contributed by atoms with van der Waals surface area (Å²) in [6, 6.07) is 0.515. The van der Waals surface area contributed by atoms with Crippen LogP contribution in [-0.4, -0.2) is 35.6 Å². The lowest BCUT2D eigenvalue weighted by atomic mass is 9.94. The van der Waals surface area contributed by atoms with Gasteiger partial charge in [0.05, 0.1) is 6.33 Å². The molecule has 2 fully saturated rings. The highest BCUT2D eigenvalue weighted by Crippen LogP contribution is 2.29. The number of halogens is 1. The topological polar surface area (TPSA) is 61.0 Å². The predicted molar refractivity (Wildman–Crippen MR) is 66.6 cm³/mol. The van der Waals surface area contributed by atoms with Crippen LogP contribution in [0, 0.1) is 5.92 Å². The molecule has 6 heteroatoms. The maximum Gasteiger partial charge on any atom is 0.271 e. The molecule has 0 aromatic carbocycles. The van der Waals surface area contributed by atoms with Crippen molar-refractivity contribution in [1.82, 2.24) is 15.3 Å². The van der Waals surface area contributed by atoms with Gasteiger partial charge in [-0.15, -0.1) is 0 Å². The van der Waals surface area contributed by atoms with Crippen LogP contribution in [0.25, 0.3) is 0 Å². The van der Waals surface area contributed by atoms with Crippen molar-refractivity contribution in [3.63, 3.8) is 0 Å². The Morgan fingerprint density at radius 3 is 3.18 bits per heavy atom. The molecule has 2 aliphatic heterocycles. The van der Waals surface area contributed by atoms with E-state index >= 15 is 0 Å². The van der Waals surface area contributed by atoms with Gasteiger partial charge >= 0.3 is 0 Å². The molecule has 0 radical (unpaired) electrons. The fraction of sp³-hybridized carbons (Fsp3) is 0.636. The van der Waals surface area contributed by atoms with Gasteiger partial charge in [0.25, 0.3) is 5.56 Å². The summed E-state index contributed by atoms with van der Waals surface area (Å²) in [5.41, 5.74) is -0.264. The van der Waals surface area contributed by atoms with Crippen LogP contribution in [-0.2, 0) is 0 Å². The second-order valence-corrected chi connectivity index (χ2v) is 5.12. The Kier molecular flexibility index (Phi) is 2.80. The molecule has 5 nitrogen and oxygen atoms in total. The lowest BCUT2D eigenvalue weighted by Gasteiger charge is -2.24. The second kappa shape index (κ2) is 4.31. The third-order valence-corrected chi connectivity index (χ3v) is 4.02. The van der Waals surface area contributed by atoms with Gasteiger partial charge in [-0.25, -0.2) is 4.98 Å². The maximum absolute atomic E-state index is 11.4. The second-order valence-electron chi connectivity index (χ2n) is 4.74. The first-order valence-electron chi connectivity index (χ1n) is 5.97. The number of hydrogen-bond acceptors (Lipinski definition) is 4. The van der Waals surface area contributed by atoms with Crippen LogP contribution < -0.4 is 15.8 Å². The van der Waals surface area contributed by atoms with Crippen molar-refractivity contribution >= 4 is 17.4 Å². The first-order chi connectivity index (χ1) is 8.25. The molecule has 17 heavy (non-hydrogen) atoms. The Morgan fingerprint density at radius 2 is 2.35 bits per heavy atom. The predicted octanol–water partition coefficient (Wildman–Crippen LogP) is 0.611. The number of piperidine rings is 1. The van der Waals surface area contributed by atoms with E-state index in [-0.39, 0.29) is 10.6 Å². The van der Waals surface area contributed by atoms with Gasteiger partial charge < -0.3 is 15.2 Å². The number of rotatable bonds is 1. The molecule has 0 bridgehead atoms. The number of nitrogens with zero attached hydrogens (tertiary/aromatic N) is 2. The van der Waals surface area contributed by atoms with Gasteiger partial charge in [-0.1, -0.05) is 11.6 Å². The molecule has 2 N–H and O–H groups in total. The summed E-state index contributed by atoms with van der Waals surface area (Å²) in [7, 11) is 0. The zero-order valence-electron chi connectivity index (χ0n) is 9.45. The van der Waals surface area contributed by atoms with E-state index < -0.39 is 0 Å². The van der Waals surface area contributed by atoms with E-state index in [1.165, 1.54) is 19.2 Å². The summed E-state index contributed by atoms with van der Waals surface area (Å²) in [5.74, 6) is 1.27. The van der Waals surface area contributed by atoms with Crippen LogP contribution in [0.15, 0.2) is 11.1 Å². The van der Waals surface area contributed by atoms with Gasteiger partial charge in [-0.3, -0.25) is 4.79 Å². The van der Waals surface area contributed by atoms with Crippen molar-refractivity contribution in [2.75, 3.05) is 24.5 Å². The van der Waals surface area contributed by atoms with Crippen LogP contribution in [0.2, 0.25) is 5.02 Å². The van der Waals surface area contributed by atoms with E-state index in [2.05, 4.69) is 20.2 Å². The van der Waals surface area contributed by atoms with Gasteiger partial charge in [0.15, 0.2) is 5.82 Å². The lowest BCUT2D eigenvalue weighted by Crippen LogP contribution is -2.40. The van der Waals surface area contributed by atoms with E-state index in [9.17, 15) is 4.79 Å².